The number of carboxylic acid groups (broad SMARTS) is 2. The maximum Gasteiger partial charge on any atom is 0.407 e. The summed E-state index contributed by atoms with van der Waals surface area (Å²) in [7, 11) is 0. The Morgan fingerprint density at radius 2 is 1.90 bits per heavy atom. The molecule has 1 aliphatic heterocycles. The molecule has 1 heterocycles. The lowest BCUT2D eigenvalue weighted by molar-refractivity contribution is -0.384. The summed E-state index contributed by atoms with van der Waals surface area (Å²) in [4.78, 5) is 35.1. The van der Waals surface area contributed by atoms with Crippen molar-refractivity contribution in [3.8, 4) is 0 Å². The van der Waals surface area contributed by atoms with Crippen LogP contribution in [0, 0.1) is 10.1 Å². The number of para-hydroxylation sites is 2. The molecule has 0 aromatic heterocycles. The molecule has 9 nitrogen and oxygen atoms in total. The average Bonchev–Trinajstić information content (AvgIpc) is 2.46. The first-order valence-corrected chi connectivity index (χ1v) is 6.12. The predicted octanol–water partition coefficient (Wildman–Crippen LogP) is 0.848. The van der Waals surface area contributed by atoms with Crippen LogP contribution >= 0.6 is 0 Å². The van der Waals surface area contributed by atoms with Gasteiger partial charge in [-0.1, -0.05) is 12.1 Å². The molecule has 2 rings (SSSR count). The Morgan fingerprint density at radius 3 is 2.48 bits per heavy atom. The number of aliphatic carboxylic acids is 1. The topological polar surface area (TPSA) is 124 Å². The molecule has 1 unspecified atom stereocenters. The number of hydrogen-bond acceptors (Lipinski definition) is 5. The van der Waals surface area contributed by atoms with Gasteiger partial charge in [0, 0.05) is 19.2 Å². The minimum atomic E-state index is -1.22. The van der Waals surface area contributed by atoms with E-state index in [1.807, 2.05) is 0 Å². The standard InChI is InChI=1S/C12H13N3O6/c16-11(17)10-7-13(12(18)19)5-6-14(10)8-3-1-2-4-9(8)15(20)21/h1-4,10H,5-7H2,(H,16,17)(H,18,19). The smallest absolute Gasteiger partial charge is 0.407 e. The second-order valence-electron chi connectivity index (χ2n) is 4.52. The molecule has 1 aromatic rings. The van der Waals surface area contributed by atoms with Crippen LogP contribution in [0.2, 0.25) is 0 Å². The van der Waals surface area contributed by atoms with Gasteiger partial charge in [0.15, 0.2) is 0 Å². The predicted molar refractivity (Wildman–Crippen MR) is 71.5 cm³/mol. The van der Waals surface area contributed by atoms with E-state index in [0.29, 0.717) is 0 Å². The molecular formula is C12H13N3O6. The normalized spacial score (nSPS) is 18.4. The molecule has 0 bridgehead atoms. The number of piperazine rings is 1. The van der Waals surface area contributed by atoms with E-state index in [-0.39, 0.29) is 31.0 Å². The van der Waals surface area contributed by atoms with Gasteiger partial charge in [-0.05, 0) is 6.07 Å². The van der Waals surface area contributed by atoms with Crippen molar-refractivity contribution >= 4 is 23.4 Å². The number of carbonyl (C=O) groups is 2. The molecule has 1 fully saturated rings. The molecular weight excluding hydrogens is 282 g/mol. The number of hydrogen-bond donors (Lipinski definition) is 2. The van der Waals surface area contributed by atoms with Gasteiger partial charge < -0.3 is 20.0 Å². The van der Waals surface area contributed by atoms with Gasteiger partial charge in [0.2, 0.25) is 0 Å². The molecule has 0 aliphatic carbocycles. The fraction of sp³-hybridized carbons (Fsp3) is 0.333. The summed E-state index contributed by atoms with van der Waals surface area (Å²) in [6, 6.07) is 4.66. The molecule has 112 valence electrons. The van der Waals surface area contributed by atoms with Crippen LogP contribution in [0.15, 0.2) is 24.3 Å². The van der Waals surface area contributed by atoms with Gasteiger partial charge in [0.25, 0.3) is 5.69 Å². The van der Waals surface area contributed by atoms with E-state index in [1.165, 1.54) is 23.1 Å². The number of carboxylic acids is 1. The molecule has 1 atom stereocenters. The maximum atomic E-state index is 11.4. The highest BCUT2D eigenvalue weighted by Crippen LogP contribution is 2.30. The summed E-state index contributed by atoms with van der Waals surface area (Å²) in [6.07, 6.45) is -1.21. The summed E-state index contributed by atoms with van der Waals surface area (Å²) >= 11 is 0. The highest BCUT2D eigenvalue weighted by molar-refractivity contribution is 5.82. The summed E-state index contributed by atoms with van der Waals surface area (Å²) in [5.41, 5.74) is -0.0209. The highest BCUT2D eigenvalue weighted by atomic mass is 16.6. The number of nitrogens with zero attached hydrogens (tertiary/aromatic N) is 3. The lowest BCUT2D eigenvalue weighted by Gasteiger charge is -2.39. The summed E-state index contributed by atoms with van der Waals surface area (Å²) in [5.74, 6) is -1.22. The van der Waals surface area contributed by atoms with E-state index >= 15 is 0 Å². The summed E-state index contributed by atoms with van der Waals surface area (Å²) in [6.45, 7) is -0.0734. The van der Waals surface area contributed by atoms with Crippen molar-refractivity contribution in [1.82, 2.24) is 4.90 Å². The van der Waals surface area contributed by atoms with Crippen LogP contribution in [0.5, 0.6) is 0 Å². The molecule has 9 heteroatoms. The average molecular weight is 295 g/mol. The van der Waals surface area contributed by atoms with E-state index in [4.69, 9.17) is 5.11 Å². The molecule has 21 heavy (non-hydrogen) atoms. The maximum absolute atomic E-state index is 11.4. The molecule has 0 spiro atoms. The molecule has 1 aliphatic rings. The van der Waals surface area contributed by atoms with Gasteiger partial charge in [0.05, 0.1) is 11.5 Å². The lowest BCUT2D eigenvalue weighted by atomic mass is 10.1. The van der Waals surface area contributed by atoms with Gasteiger partial charge in [-0.3, -0.25) is 10.1 Å². The second-order valence-corrected chi connectivity index (χ2v) is 4.52. The van der Waals surface area contributed by atoms with Gasteiger partial charge in [-0.2, -0.15) is 0 Å². The van der Waals surface area contributed by atoms with Crippen LogP contribution < -0.4 is 4.90 Å². The zero-order valence-electron chi connectivity index (χ0n) is 10.9. The minimum Gasteiger partial charge on any atom is -0.480 e. The Hall–Kier alpha value is -2.84. The second kappa shape index (κ2) is 5.65. The Kier molecular flexibility index (Phi) is 3.92. The fourth-order valence-corrected chi connectivity index (χ4v) is 2.32. The molecule has 0 radical (unpaired) electrons. The fourth-order valence-electron chi connectivity index (χ4n) is 2.32. The lowest BCUT2D eigenvalue weighted by Crippen LogP contribution is -2.57. The Balaban J connectivity index is 2.37. The zero-order chi connectivity index (χ0) is 15.6. The monoisotopic (exact) mass is 295 g/mol. The third kappa shape index (κ3) is 2.86. The van der Waals surface area contributed by atoms with Crippen LogP contribution in [0.3, 0.4) is 0 Å². The van der Waals surface area contributed by atoms with Crippen molar-refractivity contribution in [1.29, 1.82) is 0 Å². The quantitative estimate of drug-likeness (QED) is 0.625. The number of rotatable bonds is 3. The van der Waals surface area contributed by atoms with Crippen LogP contribution in [0.4, 0.5) is 16.2 Å². The molecule has 2 N–H and O–H groups in total. The van der Waals surface area contributed by atoms with Crippen molar-refractivity contribution in [2.75, 3.05) is 24.5 Å². The van der Waals surface area contributed by atoms with Crippen LogP contribution in [0.25, 0.3) is 0 Å². The SMILES string of the molecule is O=C(O)C1CN(C(=O)O)CCN1c1ccccc1[N+](=O)[O-]. The van der Waals surface area contributed by atoms with Crippen molar-refractivity contribution in [3.05, 3.63) is 34.4 Å². The highest BCUT2D eigenvalue weighted by Gasteiger charge is 2.36. The number of nitro groups is 1. The van der Waals surface area contributed by atoms with Crippen molar-refractivity contribution < 1.29 is 24.7 Å². The first-order valence-electron chi connectivity index (χ1n) is 6.12. The largest absolute Gasteiger partial charge is 0.480 e. The number of benzene rings is 1. The molecule has 1 aromatic carbocycles. The first-order chi connectivity index (χ1) is 9.91. The molecule has 1 amide bonds. The zero-order valence-corrected chi connectivity index (χ0v) is 10.9. The number of anilines is 1. The Morgan fingerprint density at radius 1 is 1.24 bits per heavy atom. The van der Waals surface area contributed by atoms with Gasteiger partial charge in [-0.25, -0.2) is 9.59 Å². The summed E-state index contributed by atoms with van der Waals surface area (Å²) in [5, 5.41) is 29.3. The van der Waals surface area contributed by atoms with E-state index in [2.05, 4.69) is 0 Å². The van der Waals surface area contributed by atoms with Crippen molar-refractivity contribution in [2.45, 2.75) is 6.04 Å². The van der Waals surface area contributed by atoms with E-state index in [0.717, 1.165) is 4.90 Å². The van der Waals surface area contributed by atoms with Crippen LogP contribution in [-0.2, 0) is 4.79 Å². The van der Waals surface area contributed by atoms with Gasteiger partial charge in [-0.15, -0.1) is 0 Å². The van der Waals surface area contributed by atoms with E-state index < -0.39 is 23.0 Å². The van der Waals surface area contributed by atoms with E-state index in [9.17, 15) is 24.8 Å². The third-order valence-electron chi connectivity index (χ3n) is 3.32. The molecule has 1 saturated heterocycles. The van der Waals surface area contributed by atoms with E-state index in [1.54, 1.807) is 6.07 Å². The first kappa shape index (κ1) is 14.6. The number of amides is 1. The Labute approximate surface area is 119 Å². The van der Waals surface area contributed by atoms with Crippen LogP contribution in [-0.4, -0.2) is 57.8 Å². The third-order valence-corrected chi connectivity index (χ3v) is 3.32. The van der Waals surface area contributed by atoms with Crippen LogP contribution in [0.1, 0.15) is 0 Å². The Bertz CT molecular complexity index is 590. The minimum absolute atomic E-state index is 0.0775. The van der Waals surface area contributed by atoms with Gasteiger partial charge >= 0.3 is 12.1 Å². The molecule has 0 saturated carbocycles. The number of nitro benzene ring substituents is 1. The van der Waals surface area contributed by atoms with Crippen molar-refractivity contribution in [3.63, 3.8) is 0 Å². The summed E-state index contributed by atoms with van der Waals surface area (Å²) < 4.78 is 0. The van der Waals surface area contributed by atoms with Crippen molar-refractivity contribution in [2.24, 2.45) is 0 Å². The van der Waals surface area contributed by atoms with Gasteiger partial charge in [0.1, 0.15) is 11.7 Å².